The lowest BCUT2D eigenvalue weighted by Gasteiger charge is -2.06. The summed E-state index contributed by atoms with van der Waals surface area (Å²) in [4.78, 5) is 25.7. The fraction of sp³-hybridized carbons (Fsp3) is 0.100. The number of hydrogen-bond donors (Lipinski definition) is 2. The van der Waals surface area contributed by atoms with Gasteiger partial charge >= 0.3 is 0 Å². The van der Waals surface area contributed by atoms with Gasteiger partial charge in [-0.2, -0.15) is 0 Å². The van der Waals surface area contributed by atoms with E-state index in [0.717, 1.165) is 10.4 Å². The van der Waals surface area contributed by atoms with E-state index in [1.54, 1.807) is 38.4 Å². The van der Waals surface area contributed by atoms with Crippen LogP contribution in [0.1, 0.15) is 20.0 Å². The van der Waals surface area contributed by atoms with E-state index in [1.165, 1.54) is 11.3 Å². The van der Waals surface area contributed by atoms with Gasteiger partial charge < -0.3 is 15.4 Å². The molecule has 5 nitrogen and oxygen atoms in total. The molecule has 0 bridgehead atoms. The van der Waals surface area contributed by atoms with Crippen molar-refractivity contribution >= 4 is 28.8 Å². The molecule has 2 N–H and O–H groups in total. The van der Waals surface area contributed by atoms with E-state index in [4.69, 9.17) is 4.74 Å². The number of anilines is 1. The second kappa shape index (κ2) is 7.84. The summed E-state index contributed by atoms with van der Waals surface area (Å²) in [6, 6.07) is 18.4. The van der Waals surface area contributed by atoms with E-state index in [9.17, 15) is 9.59 Å². The first kappa shape index (κ1) is 17.7. The van der Waals surface area contributed by atoms with Crippen LogP contribution in [0.25, 0.3) is 10.4 Å². The number of nitrogens with one attached hydrogen (secondary N) is 2. The number of carbonyl (C=O) groups is 2. The van der Waals surface area contributed by atoms with Crippen LogP contribution in [0.15, 0.2) is 60.7 Å². The second-order valence-electron chi connectivity index (χ2n) is 5.48. The Kier molecular flexibility index (Phi) is 5.34. The predicted octanol–water partition coefficient (Wildman–Crippen LogP) is 4.04. The third-order valence-electron chi connectivity index (χ3n) is 3.81. The van der Waals surface area contributed by atoms with Gasteiger partial charge in [0, 0.05) is 23.2 Å². The van der Waals surface area contributed by atoms with Gasteiger partial charge in [0.25, 0.3) is 11.8 Å². The number of amides is 2. The van der Waals surface area contributed by atoms with E-state index in [2.05, 4.69) is 10.6 Å². The number of ether oxygens (including phenoxy) is 1. The highest BCUT2D eigenvalue weighted by Crippen LogP contribution is 2.36. The van der Waals surface area contributed by atoms with Gasteiger partial charge in [0.2, 0.25) is 0 Å². The molecule has 2 amide bonds. The Hall–Kier alpha value is -3.12. The third-order valence-corrected chi connectivity index (χ3v) is 4.98. The molecule has 26 heavy (non-hydrogen) atoms. The van der Waals surface area contributed by atoms with E-state index in [1.807, 2.05) is 36.4 Å². The highest BCUT2D eigenvalue weighted by atomic mass is 32.1. The van der Waals surface area contributed by atoms with Gasteiger partial charge in [-0.25, -0.2) is 0 Å². The Morgan fingerprint density at radius 3 is 2.27 bits per heavy atom. The summed E-state index contributed by atoms with van der Waals surface area (Å²) in [5.74, 6) is 0.116. The summed E-state index contributed by atoms with van der Waals surface area (Å²) >= 11 is 1.38. The molecular weight excluding hydrogens is 348 g/mol. The van der Waals surface area contributed by atoms with E-state index >= 15 is 0 Å². The lowest BCUT2D eigenvalue weighted by molar-refractivity contribution is 0.0962. The van der Waals surface area contributed by atoms with Gasteiger partial charge in [-0.15, -0.1) is 11.3 Å². The maximum Gasteiger partial charge on any atom is 0.269 e. The minimum Gasteiger partial charge on any atom is -0.495 e. The molecule has 0 fully saturated rings. The van der Waals surface area contributed by atoms with Crippen molar-refractivity contribution in [3.63, 3.8) is 0 Å². The van der Waals surface area contributed by atoms with Crippen LogP contribution in [0.5, 0.6) is 5.75 Å². The van der Waals surface area contributed by atoms with Crippen molar-refractivity contribution < 1.29 is 14.3 Å². The average Bonchev–Trinajstić information content (AvgIpc) is 3.13. The molecule has 0 atom stereocenters. The van der Waals surface area contributed by atoms with Crippen molar-refractivity contribution in [3.05, 3.63) is 71.1 Å². The summed E-state index contributed by atoms with van der Waals surface area (Å²) < 4.78 is 5.37. The molecule has 1 heterocycles. The maximum absolute atomic E-state index is 12.7. The Balaban J connectivity index is 1.81. The highest BCUT2D eigenvalue weighted by molar-refractivity contribution is 7.17. The first-order valence-electron chi connectivity index (χ1n) is 7.99. The van der Waals surface area contributed by atoms with Crippen molar-refractivity contribution in [2.24, 2.45) is 0 Å². The SMILES string of the molecule is CNC(=O)c1ccc(NC(=O)c2sc(-c3ccccc3)cc2OC)cc1. The fourth-order valence-corrected chi connectivity index (χ4v) is 3.49. The number of thiophene rings is 1. The van der Waals surface area contributed by atoms with Crippen molar-refractivity contribution in [3.8, 4) is 16.2 Å². The molecule has 0 saturated heterocycles. The van der Waals surface area contributed by atoms with Crippen LogP contribution in [0.4, 0.5) is 5.69 Å². The maximum atomic E-state index is 12.7. The summed E-state index contributed by atoms with van der Waals surface area (Å²) in [6.07, 6.45) is 0. The molecule has 0 saturated carbocycles. The van der Waals surface area contributed by atoms with Crippen LogP contribution in [0.2, 0.25) is 0 Å². The summed E-state index contributed by atoms with van der Waals surface area (Å²) in [5, 5.41) is 5.40. The minimum atomic E-state index is -0.248. The average molecular weight is 366 g/mol. The molecule has 6 heteroatoms. The Morgan fingerprint density at radius 2 is 1.65 bits per heavy atom. The Bertz CT molecular complexity index is 918. The van der Waals surface area contributed by atoms with Crippen molar-refractivity contribution in [1.29, 1.82) is 0 Å². The van der Waals surface area contributed by atoms with Gasteiger partial charge in [-0.1, -0.05) is 30.3 Å². The Labute approximate surface area is 155 Å². The van der Waals surface area contributed by atoms with E-state index in [0.29, 0.717) is 21.9 Å². The second-order valence-corrected chi connectivity index (χ2v) is 6.54. The van der Waals surface area contributed by atoms with Gasteiger partial charge in [0.1, 0.15) is 10.6 Å². The normalized spacial score (nSPS) is 10.2. The fourth-order valence-electron chi connectivity index (χ4n) is 2.47. The molecule has 0 aliphatic heterocycles. The number of hydrogen-bond acceptors (Lipinski definition) is 4. The predicted molar refractivity (Wildman–Crippen MR) is 104 cm³/mol. The van der Waals surface area contributed by atoms with Crippen LogP contribution in [0.3, 0.4) is 0 Å². The quantitative estimate of drug-likeness (QED) is 0.716. The Morgan fingerprint density at radius 1 is 0.962 bits per heavy atom. The molecule has 0 spiro atoms. The van der Waals surface area contributed by atoms with Gasteiger partial charge in [0.05, 0.1) is 7.11 Å². The summed E-state index contributed by atoms with van der Waals surface area (Å²) in [6.45, 7) is 0. The number of rotatable bonds is 5. The van der Waals surface area contributed by atoms with Crippen LogP contribution in [0, 0.1) is 0 Å². The van der Waals surface area contributed by atoms with Crippen LogP contribution in [-0.4, -0.2) is 26.0 Å². The van der Waals surface area contributed by atoms with Gasteiger partial charge in [-0.3, -0.25) is 9.59 Å². The molecule has 0 aliphatic rings. The highest BCUT2D eigenvalue weighted by Gasteiger charge is 2.18. The summed E-state index contributed by atoms with van der Waals surface area (Å²) in [7, 11) is 3.12. The molecule has 0 unspecified atom stereocenters. The monoisotopic (exact) mass is 366 g/mol. The number of carbonyl (C=O) groups excluding carboxylic acids is 2. The van der Waals surface area contributed by atoms with Crippen LogP contribution >= 0.6 is 11.3 Å². The van der Waals surface area contributed by atoms with E-state index < -0.39 is 0 Å². The molecule has 1 aromatic heterocycles. The van der Waals surface area contributed by atoms with E-state index in [-0.39, 0.29) is 11.8 Å². The molecule has 0 radical (unpaired) electrons. The molecule has 3 rings (SSSR count). The third kappa shape index (κ3) is 3.75. The lowest BCUT2D eigenvalue weighted by Crippen LogP contribution is -2.17. The van der Waals surface area contributed by atoms with Crippen molar-refractivity contribution in [2.75, 3.05) is 19.5 Å². The smallest absolute Gasteiger partial charge is 0.269 e. The zero-order chi connectivity index (χ0) is 18.5. The first-order chi connectivity index (χ1) is 12.6. The van der Waals surface area contributed by atoms with Crippen LogP contribution < -0.4 is 15.4 Å². The minimum absolute atomic E-state index is 0.171. The zero-order valence-electron chi connectivity index (χ0n) is 14.4. The molecule has 3 aromatic rings. The zero-order valence-corrected chi connectivity index (χ0v) is 15.2. The lowest BCUT2D eigenvalue weighted by atomic mass is 10.2. The van der Waals surface area contributed by atoms with Gasteiger partial charge in [-0.05, 0) is 35.9 Å². The first-order valence-corrected chi connectivity index (χ1v) is 8.80. The largest absolute Gasteiger partial charge is 0.495 e. The van der Waals surface area contributed by atoms with Crippen molar-refractivity contribution in [1.82, 2.24) is 5.32 Å². The summed E-state index contributed by atoms with van der Waals surface area (Å²) in [5.41, 5.74) is 2.18. The van der Waals surface area contributed by atoms with Crippen LogP contribution in [-0.2, 0) is 0 Å². The molecule has 132 valence electrons. The number of benzene rings is 2. The standard InChI is InChI=1S/C20H18N2O3S/c1-21-19(23)14-8-10-15(11-9-14)22-20(24)18-16(25-2)12-17(26-18)13-6-4-3-5-7-13/h3-12H,1-2H3,(H,21,23)(H,22,24). The molecular formula is C20H18N2O3S. The topological polar surface area (TPSA) is 67.4 Å². The van der Waals surface area contributed by atoms with Crippen molar-refractivity contribution in [2.45, 2.75) is 0 Å². The molecule has 2 aromatic carbocycles. The number of methoxy groups -OCH3 is 1. The van der Waals surface area contributed by atoms with Gasteiger partial charge in [0.15, 0.2) is 0 Å². The molecule has 0 aliphatic carbocycles.